The van der Waals surface area contributed by atoms with Crippen LogP contribution in [-0.4, -0.2) is 29.3 Å². The second-order valence-electron chi connectivity index (χ2n) is 4.17. The predicted molar refractivity (Wildman–Crippen MR) is 73.8 cm³/mol. The van der Waals surface area contributed by atoms with E-state index in [1.807, 2.05) is 30.3 Å². The third kappa shape index (κ3) is 3.11. The zero-order valence-corrected chi connectivity index (χ0v) is 11.1. The molecule has 0 heterocycles. The molecule has 1 unspecified atom stereocenters. The molecule has 2 aromatic carbocycles. The van der Waals surface area contributed by atoms with Crippen molar-refractivity contribution < 1.29 is 22.9 Å². The van der Waals surface area contributed by atoms with Crippen LogP contribution in [0, 0.1) is 0 Å². The van der Waals surface area contributed by atoms with Gasteiger partial charge in [-0.05, 0) is 11.1 Å². The normalized spacial score (nSPS) is 12.9. The molecule has 6 heteroatoms. The molecule has 0 amide bonds. The smallest absolute Gasteiger partial charge is 0.299 e. The Hall–Kier alpha value is -2.02. The highest BCUT2D eigenvalue weighted by molar-refractivity contribution is 7.87. The van der Waals surface area contributed by atoms with E-state index < -0.39 is 21.3 Å². The van der Waals surface area contributed by atoms with Crippen LogP contribution in [0.4, 0.5) is 0 Å². The average molecular weight is 292 g/mol. The first kappa shape index (κ1) is 14.4. The number of benzene rings is 2. The van der Waals surface area contributed by atoms with E-state index >= 15 is 0 Å². The molecule has 2 aromatic rings. The number of aliphatic hydroxyl groups is 1. The molecule has 0 fully saturated rings. The molecular weight excluding hydrogens is 280 g/mol. The van der Waals surface area contributed by atoms with Crippen molar-refractivity contribution in [2.75, 3.05) is 0 Å². The molecule has 20 heavy (non-hydrogen) atoms. The summed E-state index contributed by atoms with van der Waals surface area (Å²) in [7, 11) is -4.81. The number of rotatable bonds is 4. The molecule has 0 saturated heterocycles. The van der Waals surface area contributed by atoms with Crippen LogP contribution in [0.15, 0.2) is 54.6 Å². The third-order valence-electron chi connectivity index (χ3n) is 2.78. The van der Waals surface area contributed by atoms with Gasteiger partial charge in [-0.15, -0.1) is 0 Å². The lowest BCUT2D eigenvalue weighted by Gasteiger charge is -2.07. The maximum absolute atomic E-state index is 11.6. The Morgan fingerprint density at radius 3 is 1.90 bits per heavy atom. The van der Waals surface area contributed by atoms with Gasteiger partial charge in [0, 0.05) is 5.56 Å². The van der Waals surface area contributed by atoms with Crippen molar-refractivity contribution >= 4 is 15.9 Å². The van der Waals surface area contributed by atoms with E-state index in [1.54, 1.807) is 12.1 Å². The minimum absolute atomic E-state index is 0.00908. The van der Waals surface area contributed by atoms with Gasteiger partial charge in [0.2, 0.25) is 11.2 Å². The van der Waals surface area contributed by atoms with Crippen molar-refractivity contribution in [3.05, 3.63) is 60.2 Å². The van der Waals surface area contributed by atoms with E-state index in [4.69, 9.17) is 4.55 Å². The number of hydrogen-bond acceptors (Lipinski definition) is 4. The van der Waals surface area contributed by atoms with Crippen molar-refractivity contribution in [3.8, 4) is 11.1 Å². The highest BCUT2D eigenvalue weighted by Gasteiger charge is 2.28. The van der Waals surface area contributed by atoms with E-state index in [0.29, 0.717) is 0 Å². The first-order valence-electron chi connectivity index (χ1n) is 5.73. The summed E-state index contributed by atoms with van der Waals surface area (Å²) in [6, 6.07) is 15.5. The van der Waals surface area contributed by atoms with Gasteiger partial charge < -0.3 is 5.11 Å². The Morgan fingerprint density at radius 1 is 0.900 bits per heavy atom. The molecule has 2 rings (SSSR count). The van der Waals surface area contributed by atoms with E-state index in [1.165, 1.54) is 12.1 Å². The summed E-state index contributed by atoms with van der Waals surface area (Å²) >= 11 is 0. The van der Waals surface area contributed by atoms with E-state index in [9.17, 15) is 18.3 Å². The molecule has 0 radical (unpaired) electrons. The van der Waals surface area contributed by atoms with Crippen molar-refractivity contribution in [2.45, 2.75) is 5.44 Å². The minimum atomic E-state index is -4.81. The Bertz CT molecular complexity index is 705. The Morgan fingerprint density at radius 2 is 1.40 bits per heavy atom. The summed E-state index contributed by atoms with van der Waals surface area (Å²) in [5, 5.41) is 9.21. The fourth-order valence-electron chi connectivity index (χ4n) is 1.74. The molecule has 1 atom stereocenters. The van der Waals surface area contributed by atoms with Crippen LogP contribution in [-0.2, 0) is 10.1 Å². The number of carbonyl (C=O) groups excluding carboxylic acids is 1. The van der Waals surface area contributed by atoms with Gasteiger partial charge >= 0.3 is 0 Å². The second kappa shape index (κ2) is 5.54. The first-order valence-corrected chi connectivity index (χ1v) is 7.24. The Labute approximate surface area is 116 Å². The minimum Gasteiger partial charge on any atom is -0.369 e. The van der Waals surface area contributed by atoms with E-state index in [0.717, 1.165) is 11.1 Å². The number of aliphatic hydroxyl groups excluding tert-OH is 1. The van der Waals surface area contributed by atoms with Crippen LogP contribution in [0.3, 0.4) is 0 Å². The first-order chi connectivity index (χ1) is 9.39. The number of ketones is 1. The molecule has 0 bridgehead atoms. The molecule has 2 N–H and O–H groups in total. The summed E-state index contributed by atoms with van der Waals surface area (Å²) < 4.78 is 30.1. The predicted octanol–water partition coefficient (Wildman–Crippen LogP) is 1.74. The lowest BCUT2D eigenvalue weighted by molar-refractivity contribution is 0.0848. The maximum Gasteiger partial charge on any atom is 0.299 e. The van der Waals surface area contributed by atoms with Gasteiger partial charge in [-0.25, -0.2) is 0 Å². The summed E-state index contributed by atoms with van der Waals surface area (Å²) in [5.41, 5.74) is -0.648. The molecule has 0 aliphatic rings. The summed E-state index contributed by atoms with van der Waals surface area (Å²) in [6.45, 7) is 0. The van der Waals surface area contributed by atoms with Crippen LogP contribution in [0.1, 0.15) is 10.4 Å². The Balaban J connectivity index is 2.27. The van der Waals surface area contributed by atoms with Crippen LogP contribution in [0.5, 0.6) is 0 Å². The molecule has 0 aliphatic heterocycles. The SMILES string of the molecule is O=C(c1ccc(-c2ccccc2)cc1)C(O)S(=O)(=O)O. The lowest BCUT2D eigenvalue weighted by Crippen LogP contribution is -2.29. The summed E-state index contributed by atoms with van der Waals surface area (Å²) in [6.07, 6.45) is 0. The van der Waals surface area contributed by atoms with Gasteiger partial charge in [-0.1, -0.05) is 54.6 Å². The van der Waals surface area contributed by atoms with Gasteiger partial charge in [0.15, 0.2) is 0 Å². The van der Waals surface area contributed by atoms with Gasteiger partial charge in [0.05, 0.1) is 0 Å². The van der Waals surface area contributed by atoms with E-state index in [2.05, 4.69) is 0 Å². The lowest BCUT2D eigenvalue weighted by atomic mass is 10.0. The van der Waals surface area contributed by atoms with Crippen molar-refractivity contribution in [1.29, 1.82) is 0 Å². The van der Waals surface area contributed by atoms with Crippen LogP contribution < -0.4 is 0 Å². The van der Waals surface area contributed by atoms with Gasteiger partial charge in [-0.2, -0.15) is 8.42 Å². The number of Topliss-reactive ketones (excluding diaryl/α,β-unsaturated/α-hetero) is 1. The zero-order chi connectivity index (χ0) is 14.8. The number of hydrogen-bond donors (Lipinski definition) is 2. The molecule has 0 aromatic heterocycles. The highest BCUT2D eigenvalue weighted by Crippen LogP contribution is 2.20. The van der Waals surface area contributed by atoms with E-state index in [-0.39, 0.29) is 5.56 Å². The van der Waals surface area contributed by atoms with Gasteiger partial charge in [-0.3, -0.25) is 9.35 Å². The van der Waals surface area contributed by atoms with Gasteiger partial charge in [0.1, 0.15) is 0 Å². The number of carbonyl (C=O) groups is 1. The molecular formula is C14H12O5S. The molecule has 0 saturated carbocycles. The zero-order valence-electron chi connectivity index (χ0n) is 10.3. The standard InChI is InChI=1S/C14H12O5S/c15-13(14(16)20(17,18)19)12-8-6-11(7-9-12)10-4-2-1-3-5-10/h1-9,14,16H,(H,17,18,19). The fraction of sp³-hybridized carbons (Fsp3) is 0.0714. The average Bonchev–Trinajstić information content (AvgIpc) is 2.46. The van der Waals surface area contributed by atoms with Crippen molar-refractivity contribution in [1.82, 2.24) is 0 Å². The monoisotopic (exact) mass is 292 g/mol. The summed E-state index contributed by atoms with van der Waals surface area (Å²) in [4.78, 5) is 11.6. The fourth-order valence-corrected chi connectivity index (χ4v) is 2.14. The Kier molecular flexibility index (Phi) is 3.99. The quantitative estimate of drug-likeness (QED) is 0.661. The molecule has 104 valence electrons. The topological polar surface area (TPSA) is 91.7 Å². The molecule has 0 aliphatic carbocycles. The summed E-state index contributed by atoms with van der Waals surface area (Å²) in [5.74, 6) is -1.06. The van der Waals surface area contributed by atoms with Crippen LogP contribution >= 0.6 is 0 Å². The molecule has 0 spiro atoms. The largest absolute Gasteiger partial charge is 0.369 e. The highest BCUT2D eigenvalue weighted by atomic mass is 32.2. The van der Waals surface area contributed by atoms with Crippen LogP contribution in [0.2, 0.25) is 0 Å². The van der Waals surface area contributed by atoms with Gasteiger partial charge in [0.25, 0.3) is 10.1 Å². The van der Waals surface area contributed by atoms with Crippen molar-refractivity contribution in [3.63, 3.8) is 0 Å². The van der Waals surface area contributed by atoms with Crippen LogP contribution in [0.25, 0.3) is 11.1 Å². The molecule has 5 nitrogen and oxygen atoms in total. The maximum atomic E-state index is 11.6. The van der Waals surface area contributed by atoms with Crippen molar-refractivity contribution in [2.24, 2.45) is 0 Å². The third-order valence-corrected chi connectivity index (χ3v) is 3.56. The second-order valence-corrected chi connectivity index (χ2v) is 5.65.